The number of aryl methyl sites for hydroxylation is 1. The summed E-state index contributed by atoms with van der Waals surface area (Å²) in [5.74, 6) is 0.246. The molecule has 0 bridgehead atoms. The van der Waals surface area contributed by atoms with E-state index < -0.39 is 5.91 Å². The van der Waals surface area contributed by atoms with Gasteiger partial charge in [0.25, 0.3) is 5.91 Å². The van der Waals surface area contributed by atoms with Crippen molar-refractivity contribution in [2.24, 2.45) is 5.73 Å². The number of anilines is 1. The Balaban J connectivity index is 1.51. The fraction of sp³-hybridized carbons (Fsp3) is 0.188. The number of amides is 2. The summed E-state index contributed by atoms with van der Waals surface area (Å²) in [5.41, 5.74) is 14.8. The van der Waals surface area contributed by atoms with Gasteiger partial charge in [0.15, 0.2) is 0 Å². The molecule has 196 valence electrons. The first-order valence-electron chi connectivity index (χ1n) is 13.0. The number of benzene rings is 4. The number of nitrogens with zero attached hydrogens (tertiary/aromatic N) is 1. The summed E-state index contributed by atoms with van der Waals surface area (Å²) in [6, 6.07) is 21.8. The second-order valence-electron chi connectivity index (χ2n) is 10.1. The molecule has 39 heavy (non-hydrogen) atoms. The van der Waals surface area contributed by atoms with E-state index in [2.05, 4.69) is 11.1 Å². The van der Waals surface area contributed by atoms with Crippen LogP contribution in [0.2, 0.25) is 0 Å². The van der Waals surface area contributed by atoms with Crippen LogP contribution in [-0.4, -0.2) is 35.1 Å². The number of rotatable bonds is 7. The molecular weight excluding hydrogens is 490 g/mol. The maximum atomic E-state index is 13.4. The van der Waals surface area contributed by atoms with Gasteiger partial charge in [-0.05, 0) is 65.9 Å². The normalized spacial score (nSPS) is 12.9. The van der Waals surface area contributed by atoms with Crippen LogP contribution in [-0.2, 0) is 17.8 Å². The molecule has 1 aliphatic heterocycles. The zero-order valence-corrected chi connectivity index (χ0v) is 21.9. The Hall–Kier alpha value is -4.62. The molecule has 7 heteroatoms. The maximum absolute atomic E-state index is 13.4. The SMILES string of the molecule is Cc1ccc2c(c1)C(=O)N(c1cccc(-c3ccc(CC(N)=O)c4[nH]c5cc(OCCO)ccc5c34)c1C)C2. The van der Waals surface area contributed by atoms with Gasteiger partial charge in [-0.2, -0.15) is 0 Å². The lowest BCUT2D eigenvalue weighted by Gasteiger charge is -2.21. The van der Waals surface area contributed by atoms with Crippen LogP contribution in [0.3, 0.4) is 0 Å². The fourth-order valence-electron chi connectivity index (χ4n) is 5.68. The van der Waals surface area contributed by atoms with Gasteiger partial charge in [-0.25, -0.2) is 0 Å². The Bertz CT molecular complexity index is 1790. The average Bonchev–Trinajstić information content (AvgIpc) is 3.46. The quantitative estimate of drug-likeness (QED) is 0.276. The van der Waals surface area contributed by atoms with Crippen molar-refractivity contribution < 1.29 is 19.4 Å². The van der Waals surface area contributed by atoms with Crippen molar-refractivity contribution in [3.05, 3.63) is 94.5 Å². The molecule has 1 aromatic heterocycles. The number of aliphatic hydroxyl groups excluding tert-OH is 1. The Morgan fingerprint density at radius 2 is 1.87 bits per heavy atom. The van der Waals surface area contributed by atoms with E-state index in [1.54, 1.807) is 0 Å². The van der Waals surface area contributed by atoms with Gasteiger partial charge in [-0.3, -0.25) is 9.59 Å². The molecule has 0 spiro atoms. The third kappa shape index (κ3) is 4.21. The molecule has 0 fully saturated rings. The van der Waals surface area contributed by atoms with Crippen LogP contribution in [0.5, 0.6) is 5.75 Å². The van der Waals surface area contributed by atoms with Crippen molar-refractivity contribution in [1.29, 1.82) is 0 Å². The highest BCUT2D eigenvalue weighted by atomic mass is 16.5. The predicted octanol–water partition coefficient (Wildman–Crippen LogP) is 5.16. The van der Waals surface area contributed by atoms with E-state index in [0.29, 0.717) is 12.3 Å². The van der Waals surface area contributed by atoms with Gasteiger partial charge in [0.1, 0.15) is 12.4 Å². The highest BCUT2D eigenvalue weighted by Gasteiger charge is 2.30. The van der Waals surface area contributed by atoms with Gasteiger partial charge in [0.2, 0.25) is 5.91 Å². The molecule has 2 amide bonds. The number of aromatic amines is 1. The molecule has 0 unspecified atom stereocenters. The summed E-state index contributed by atoms with van der Waals surface area (Å²) in [7, 11) is 0. The molecule has 4 aromatic carbocycles. The maximum Gasteiger partial charge on any atom is 0.258 e. The monoisotopic (exact) mass is 519 g/mol. The highest BCUT2D eigenvalue weighted by molar-refractivity contribution is 6.16. The van der Waals surface area contributed by atoms with Gasteiger partial charge >= 0.3 is 0 Å². The molecule has 0 atom stereocenters. The van der Waals surface area contributed by atoms with Crippen molar-refractivity contribution in [1.82, 2.24) is 4.98 Å². The van der Waals surface area contributed by atoms with Gasteiger partial charge in [-0.15, -0.1) is 0 Å². The van der Waals surface area contributed by atoms with Crippen LogP contribution in [0.25, 0.3) is 32.9 Å². The zero-order valence-electron chi connectivity index (χ0n) is 21.9. The predicted molar refractivity (Wildman–Crippen MR) is 153 cm³/mol. The highest BCUT2D eigenvalue weighted by Crippen LogP contribution is 2.41. The number of primary amides is 1. The largest absolute Gasteiger partial charge is 0.491 e. The lowest BCUT2D eigenvalue weighted by atomic mass is 9.92. The second kappa shape index (κ2) is 9.60. The number of nitrogens with one attached hydrogen (secondary N) is 1. The molecule has 0 aliphatic carbocycles. The number of aromatic nitrogens is 1. The van der Waals surface area contributed by atoms with Crippen molar-refractivity contribution in [2.75, 3.05) is 18.1 Å². The molecule has 2 heterocycles. The van der Waals surface area contributed by atoms with Crippen LogP contribution in [0.15, 0.2) is 66.7 Å². The molecule has 1 aliphatic rings. The smallest absolute Gasteiger partial charge is 0.258 e. The first-order chi connectivity index (χ1) is 18.9. The van der Waals surface area contributed by atoms with Crippen LogP contribution >= 0.6 is 0 Å². The number of fused-ring (bicyclic) bond motifs is 4. The molecular formula is C32H29N3O4. The Kier molecular flexibility index (Phi) is 6.08. The Morgan fingerprint density at radius 3 is 2.67 bits per heavy atom. The summed E-state index contributed by atoms with van der Waals surface area (Å²) < 4.78 is 5.62. The summed E-state index contributed by atoms with van der Waals surface area (Å²) in [6.07, 6.45) is 0.108. The van der Waals surface area contributed by atoms with Crippen LogP contribution < -0.4 is 15.4 Å². The van der Waals surface area contributed by atoms with E-state index in [0.717, 1.165) is 66.4 Å². The topological polar surface area (TPSA) is 109 Å². The van der Waals surface area contributed by atoms with Crippen molar-refractivity contribution >= 4 is 39.3 Å². The first kappa shape index (κ1) is 24.7. The minimum Gasteiger partial charge on any atom is -0.491 e. The molecule has 6 rings (SSSR count). The van der Waals surface area contributed by atoms with Crippen molar-refractivity contribution in [3.8, 4) is 16.9 Å². The molecule has 0 radical (unpaired) electrons. The minimum atomic E-state index is -0.407. The minimum absolute atomic E-state index is 0.0124. The van der Waals surface area contributed by atoms with Gasteiger partial charge in [-0.1, -0.05) is 42.0 Å². The average molecular weight is 520 g/mol. The third-order valence-electron chi connectivity index (χ3n) is 7.49. The number of aliphatic hydroxyl groups is 1. The summed E-state index contributed by atoms with van der Waals surface area (Å²) in [5, 5.41) is 11.1. The number of ether oxygens (including phenoxy) is 1. The molecule has 0 saturated heterocycles. The van der Waals surface area contributed by atoms with Crippen LogP contribution in [0, 0.1) is 13.8 Å². The number of H-pyrrole nitrogens is 1. The number of nitrogens with two attached hydrogens (primary N) is 1. The van der Waals surface area contributed by atoms with Gasteiger partial charge in [0.05, 0.1) is 30.6 Å². The lowest BCUT2D eigenvalue weighted by molar-refractivity contribution is -0.117. The standard InChI is InChI=1S/C32H29N3O4/c1-18-6-7-21-17-35(32(38)26(21)14-18)28-5-3-4-23(19(28)2)24-10-8-20(15-29(33)37)31-30(24)25-11-9-22(39-13-12-36)16-27(25)34-31/h3-11,14,16,34,36H,12-13,15,17H2,1-2H3,(H2,33,37). The van der Waals surface area contributed by atoms with E-state index in [-0.39, 0.29) is 25.5 Å². The van der Waals surface area contributed by atoms with Crippen LogP contribution in [0.1, 0.15) is 32.6 Å². The van der Waals surface area contributed by atoms with E-state index in [9.17, 15) is 9.59 Å². The molecule has 7 nitrogen and oxygen atoms in total. The number of carbonyl (C=O) groups excluding carboxylic acids is 2. The molecule has 0 saturated carbocycles. The Labute approximate surface area is 225 Å². The number of hydrogen-bond acceptors (Lipinski definition) is 4. The second-order valence-corrected chi connectivity index (χ2v) is 10.1. The summed E-state index contributed by atoms with van der Waals surface area (Å²) in [4.78, 5) is 30.6. The molecule has 5 aromatic rings. The van der Waals surface area contributed by atoms with E-state index in [1.165, 1.54) is 0 Å². The van der Waals surface area contributed by atoms with Crippen LogP contribution in [0.4, 0.5) is 5.69 Å². The van der Waals surface area contributed by atoms with E-state index in [1.807, 2.05) is 79.4 Å². The van der Waals surface area contributed by atoms with E-state index in [4.69, 9.17) is 15.6 Å². The third-order valence-corrected chi connectivity index (χ3v) is 7.49. The molecule has 4 N–H and O–H groups in total. The zero-order chi connectivity index (χ0) is 27.3. The van der Waals surface area contributed by atoms with Crippen molar-refractivity contribution in [3.63, 3.8) is 0 Å². The lowest BCUT2D eigenvalue weighted by Crippen LogP contribution is -2.24. The van der Waals surface area contributed by atoms with Crippen molar-refractivity contribution in [2.45, 2.75) is 26.8 Å². The number of hydrogen-bond donors (Lipinski definition) is 3. The fourth-order valence-corrected chi connectivity index (χ4v) is 5.68. The summed E-state index contributed by atoms with van der Waals surface area (Å²) in [6.45, 7) is 4.71. The number of carbonyl (C=O) groups is 2. The van der Waals surface area contributed by atoms with Gasteiger partial charge < -0.3 is 25.5 Å². The first-order valence-corrected chi connectivity index (χ1v) is 13.0. The summed E-state index contributed by atoms with van der Waals surface area (Å²) >= 11 is 0. The van der Waals surface area contributed by atoms with Gasteiger partial charge in [0, 0.05) is 28.1 Å². The van der Waals surface area contributed by atoms with E-state index >= 15 is 0 Å². The Morgan fingerprint density at radius 1 is 1.03 bits per heavy atom.